The number of amides is 1. The average molecular weight is 461 g/mol. The summed E-state index contributed by atoms with van der Waals surface area (Å²) in [6.07, 6.45) is 2.15. The molecule has 0 saturated heterocycles. The topological polar surface area (TPSA) is 60.5 Å². The summed E-state index contributed by atoms with van der Waals surface area (Å²) in [5.41, 5.74) is 1.79. The van der Waals surface area contributed by atoms with Crippen molar-refractivity contribution in [3.63, 3.8) is 0 Å². The fourth-order valence-corrected chi connectivity index (χ4v) is 3.50. The Morgan fingerprint density at radius 3 is 2.71 bits per heavy atom. The van der Waals surface area contributed by atoms with Gasteiger partial charge in [0, 0.05) is 15.4 Å². The maximum Gasteiger partial charge on any atom is 0.264 e. The number of unbranched alkanes of at least 4 members (excludes halogenated alkanes) is 1. The van der Waals surface area contributed by atoms with E-state index in [1.54, 1.807) is 6.07 Å². The molecule has 1 N–H and O–H groups in total. The molecule has 146 valence electrons. The number of benzene rings is 2. The van der Waals surface area contributed by atoms with Crippen molar-refractivity contribution in [2.45, 2.75) is 19.8 Å². The quantitative estimate of drug-likeness (QED) is 0.411. The molecular weight excluding hydrogens is 440 g/mol. The number of thiazole rings is 1. The molecule has 0 aliphatic carbocycles. The number of carbonyl (C=O) groups excluding carboxylic acids is 1. The minimum atomic E-state index is -0.249. The predicted molar refractivity (Wildman–Crippen MR) is 116 cm³/mol. The van der Waals surface area contributed by atoms with E-state index >= 15 is 0 Å². The summed E-state index contributed by atoms with van der Waals surface area (Å²) in [5.74, 6) is 1.23. The number of nitrogens with zero attached hydrogens (tertiary/aromatic N) is 1. The maximum absolute atomic E-state index is 12.1. The fraction of sp³-hybridized carbons (Fsp3) is 0.238. The van der Waals surface area contributed by atoms with Crippen LogP contribution in [0.2, 0.25) is 0 Å². The minimum Gasteiger partial charge on any atom is -0.494 e. The van der Waals surface area contributed by atoms with Gasteiger partial charge in [-0.3, -0.25) is 10.1 Å². The Labute approximate surface area is 176 Å². The third kappa shape index (κ3) is 6.07. The van der Waals surface area contributed by atoms with Crippen LogP contribution in [0.3, 0.4) is 0 Å². The van der Waals surface area contributed by atoms with Gasteiger partial charge in [-0.1, -0.05) is 35.3 Å². The van der Waals surface area contributed by atoms with E-state index in [0.717, 1.165) is 40.9 Å². The number of carbonyl (C=O) groups is 1. The molecule has 0 unspecified atom stereocenters. The van der Waals surface area contributed by atoms with E-state index < -0.39 is 0 Å². The van der Waals surface area contributed by atoms with Crippen molar-refractivity contribution in [2.75, 3.05) is 18.5 Å². The Balaban J connectivity index is 1.52. The van der Waals surface area contributed by atoms with Crippen LogP contribution in [-0.2, 0) is 4.79 Å². The monoisotopic (exact) mass is 460 g/mol. The van der Waals surface area contributed by atoms with Gasteiger partial charge in [-0.05, 0) is 48.9 Å². The Bertz CT molecular complexity index is 912. The molecule has 5 nitrogen and oxygen atoms in total. The third-order valence-corrected chi connectivity index (χ3v) is 5.08. The van der Waals surface area contributed by atoms with Gasteiger partial charge in [0.1, 0.15) is 11.5 Å². The number of nitrogens with one attached hydrogen (secondary N) is 1. The highest BCUT2D eigenvalue weighted by molar-refractivity contribution is 9.10. The van der Waals surface area contributed by atoms with Crippen molar-refractivity contribution in [1.29, 1.82) is 0 Å². The van der Waals surface area contributed by atoms with Gasteiger partial charge in [0.05, 0.1) is 12.3 Å². The minimum absolute atomic E-state index is 0.0742. The molecule has 1 aromatic heterocycles. The van der Waals surface area contributed by atoms with Gasteiger partial charge in [-0.2, -0.15) is 0 Å². The fourth-order valence-electron chi connectivity index (χ4n) is 2.38. The van der Waals surface area contributed by atoms with Crippen LogP contribution in [0, 0.1) is 0 Å². The highest BCUT2D eigenvalue weighted by Crippen LogP contribution is 2.26. The molecule has 0 aliphatic heterocycles. The van der Waals surface area contributed by atoms with Gasteiger partial charge in [0.25, 0.3) is 5.91 Å². The molecule has 0 bridgehead atoms. The summed E-state index contributed by atoms with van der Waals surface area (Å²) >= 11 is 4.75. The van der Waals surface area contributed by atoms with E-state index in [1.807, 2.05) is 47.8 Å². The zero-order valence-electron chi connectivity index (χ0n) is 15.5. The molecule has 1 amide bonds. The van der Waals surface area contributed by atoms with Gasteiger partial charge >= 0.3 is 0 Å². The lowest BCUT2D eigenvalue weighted by Crippen LogP contribution is -2.20. The molecular formula is C21H21BrN2O3S. The zero-order valence-corrected chi connectivity index (χ0v) is 17.9. The van der Waals surface area contributed by atoms with Gasteiger partial charge in [-0.15, -0.1) is 11.3 Å². The summed E-state index contributed by atoms with van der Waals surface area (Å²) in [5, 5.41) is 5.23. The first-order chi connectivity index (χ1) is 13.6. The van der Waals surface area contributed by atoms with Crippen LogP contribution in [0.25, 0.3) is 11.3 Å². The van der Waals surface area contributed by atoms with Gasteiger partial charge in [-0.25, -0.2) is 4.98 Å². The number of hydrogen-bond donors (Lipinski definition) is 1. The molecule has 7 heteroatoms. The van der Waals surface area contributed by atoms with Crippen molar-refractivity contribution < 1.29 is 14.3 Å². The zero-order chi connectivity index (χ0) is 19.8. The second-order valence-electron chi connectivity index (χ2n) is 6.06. The van der Waals surface area contributed by atoms with E-state index in [0.29, 0.717) is 10.9 Å². The normalized spacial score (nSPS) is 10.5. The third-order valence-electron chi connectivity index (χ3n) is 3.83. The van der Waals surface area contributed by atoms with Crippen molar-refractivity contribution in [1.82, 2.24) is 4.98 Å². The van der Waals surface area contributed by atoms with Crippen LogP contribution in [0.1, 0.15) is 19.8 Å². The predicted octanol–water partition coefficient (Wildman–Crippen LogP) is 5.77. The molecule has 0 saturated carbocycles. The summed E-state index contributed by atoms with van der Waals surface area (Å²) in [7, 11) is 0. The lowest BCUT2D eigenvalue weighted by atomic mass is 10.2. The summed E-state index contributed by atoms with van der Waals surface area (Å²) in [6, 6.07) is 15.2. The molecule has 0 aliphatic rings. The van der Waals surface area contributed by atoms with Crippen LogP contribution in [0.5, 0.6) is 11.5 Å². The largest absolute Gasteiger partial charge is 0.494 e. The Morgan fingerprint density at radius 2 is 1.96 bits per heavy atom. The van der Waals surface area contributed by atoms with Crippen LogP contribution in [-0.4, -0.2) is 24.1 Å². The van der Waals surface area contributed by atoms with Crippen LogP contribution in [0.4, 0.5) is 5.13 Å². The Hall–Kier alpha value is -2.38. The molecule has 28 heavy (non-hydrogen) atoms. The van der Waals surface area contributed by atoms with Crippen LogP contribution >= 0.6 is 27.3 Å². The number of aromatic nitrogens is 1. The van der Waals surface area contributed by atoms with E-state index in [1.165, 1.54) is 11.3 Å². The molecule has 3 rings (SSSR count). The molecule has 0 spiro atoms. The first kappa shape index (κ1) is 20.4. The van der Waals surface area contributed by atoms with Crippen molar-refractivity contribution in [2.24, 2.45) is 0 Å². The molecule has 0 atom stereocenters. The van der Waals surface area contributed by atoms with E-state index in [-0.39, 0.29) is 12.5 Å². The number of rotatable bonds is 9. The standard InChI is InChI=1S/C21H21BrN2O3S/c1-2-3-11-26-17-9-7-15(8-10-17)19-14-28-21(23-19)24-20(25)13-27-18-6-4-5-16(22)12-18/h4-10,12,14H,2-3,11,13H2,1H3,(H,23,24,25). The molecule has 3 aromatic rings. The number of anilines is 1. The molecule has 2 aromatic carbocycles. The first-order valence-electron chi connectivity index (χ1n) is 9.01. The molecule has 0 radical (unpaired) electrons. The highest BCUT2D eigenvalue weighted by Gasteiger charge is 2.09. The second kappa shape index (κ2) is 10.2. The number of halogens is 1. The summed E-state index contributed by atoms with van der Waals surface area (Å²) in [6.45, 7) is 2.79. The van der Waals surface area contributed by atoms with E-state index in [9.17, 15) is 4.79 Å². The van der Waals surface area contributed by atoms with E-state index in [4.69, 9.17) is 9.47 Å². The summed E-state index contributed by atoms with van der Waals surface area (Å²) in [4.78, 5) is 16.6. The van der Waals surface area contributed by atoms with Crippen molar-refractivity contribution in [3.05, 3.63) is 58.4 Å². The molecule has 1 heterocycles. The van der Waals surface area contributed by atoms with Crippen molar-refractivity contribution in [3.8, 4) is 22.8 Å². The van der Waals surface area contributed by atoms with Gasteiger partial charge < -0.3 is 9.47 Å². The lowest BCUT2D eigenvalue weighted by molar-refractivity contribution is -0.118. The SMILES string of the molecule is CCCCOc1ccc(-c2csc(NC(=O)COc3cccc(Br)c3)n2)cc1. The van der Waals surface area contributed by atoms with Crippen LogP contribution < -0.4 is 14.8 Å². The second-order valence-corrected chi connectivity index (χ2v) is 7.83. The van der Waals surface area contributed by atoms with Crippen LogP contribution in [0.15, 0.2) is 58.4 Å². The Morgan fingerprint density at radius 1 is 1.14 bits per heavy atom. The average Bonchev–Trinajstić information content (AvgIpc) is 3.16. The number of hydrogen-bond acceptors (Lipinski definition) is 5. The highest BCUT2D eigenvalue weighted by atomic mass is 79.9. The van der Waals surface area contributed by atoms with Crippen molar-refractivity contribution >= 4 is 38.3 Å². The number of ether oxygens (including phenoxy) is 2. The smallest absolute Gasteiger partial charge is 0.264 e. The van der Waals surface area contributed by atoms with Gasteiger partial charge in [0.2, 0.25) is 0 Å². The summed E-state index contributed by atoms with van der Waals surface area (Å²) < 4.78 is 12.1. The lowest BCUT2D eigenvalue weighted by Gasteiger charge is -2.06. The Kier molecular flexibility index (Phi) is 7.45. The maximum atomic E-state index is 12.1. The first-order valence-corrected chi connectivity index (χ1v) is 10.7. The van der Waals surface area contributed by atoms with E-state index in [2.05, 4.69) is 33.2 Å². The molecule has 0 fully saturated rings. The van der Waals surface area contributed by atoms with Gasteiger partial charge in [0.15, 0.2) is 11.7 Å².